The number of nitrogens with two attached hydrogens (primary N) is 1. The zero-order valence-corrected chi connectivity index (χ0v) is 15.2. The Bertz CT molecular complexity index is 879. The SMILES string of the molecule is Cc1oc(C(=O)NCC2NCCc3ccccc32)cc1S(N)(=O)=O.Cl. The standard InChI is InChI=1S/C16H19N3O4S.ClH/c1-10-15(24(17,21)22)8-14(23-10)16(20)19-9-13-12-5-3-2-4-11(12)6-7-18-13;/h2-5,8,13,18H,6-7,9H2,1H3,(H,19,20)(H2,17,21,22);1H. The van der Waals surface area contributed by atoms with Crippen molar-refractivity contribution >= 4 is 28.3 Å². The molecule has 1 aliphatic heterocycles. The maximum atomic E-state index is 12.2. The smallest absolute Gasteiger partial charge is 0.287 e. The number of aryl methyl sites for hydroxylation is 1. The molecule has 1 aromatic carbocycles. The first-order valence-electron chi connectivity index (χ1n) is 7.59. The van der Waals surface area contributed by atoms with Gasteiger partial charge in [-0.1, -0.05) is 24.3 Å². The van der Waals surface area contributed by atoms with Crippen molar-refractivity contribution in [1.29, 1.82) is 0 Å². The largest absolute Gasteiger partial charge is 0.455 e. The van der Waals surface area contributed by atoms with Gasteiger partial charge < -0.3 is 15.1 Å². The Labute approximate surface area is 152 Å². The van der Waals surface area contributed by atoms with Crippen molar-refractivity contribution in [3.63, 3.8) is 0 Å². The number of fused-ring (bicyclic) bond motifs is 1. The molecule has 0 radical (unpaired) electrons. The number of halogens is 1. The first kappa shape index (κ1) is 19.5. The summed E-state index contributed by atoms with van der Waals surface area (Å²) in [7, 11) is -3.91. The van der Waals surface area contributed by atoms with E-state index in [-0.39, 0.29) is 34.9 Å². The Morgan fingerprint density at radius 1 is 1.40 bits per heavy atom. The average Bonchev–Trinajstić information content (AvgIpc) is 2.95. The van der Waals surface area contributed by atoms with Crippen LogP contribution in [0.4, 0.5) is 0 Å². The fraction of sp³-hybridized carbons (Fsp3) is 0.312. The van der Waals surface area contributed by atoms with Gasteiger partial charge in [-0.2, -0.15) is 0 Å². The summed E-state index contributed by atoms with van der Waals surface area (Å²) in [5.41, 5.74) is 2.42. The second-order valence-electron chi connectivity index (χ2n) is 5.74. The highest BCUT2D eigenvalue weighted by Crippen LogP contribution is 2.22. The summed E-state index contributed by atoms with van der Waals surface area (Å²) in [6, 6.07) is 9.25. The fourth-order valence-electron chi connectivity index (χ4n) is 2.92. The number of nitrogens with one attached hydrogen (secondary N) is 2. The Morgan fingerprint density at radius 3 is 2.80 bits per heavy atom. The molecule has 25 heavy (non-hydrogen) atoms. The van der Waals surface area contributed by atoms with Crippen LogP contribution < -0.4 is 15.8 Å². The molecule has 1 atom stereocenters. The van der Waals surface area contributed by atoms with Crippen LogP contribution in [-0.4, -0.2) is 27.4 Å². The van der Waals surface area contributed by atoms with Crippen LogP contribution in [0, 0.1) is 6.92 Å². The topological polar surface area (TPSA) is 114 Å². The second-order valence-corrected chi connectivity index (χ2v) is 7.27. The number of rotatable bonds is 4. The first-order valence-corrected chi connectivity index (χ1v) is 9.13. The molecular formula is C16H20ClN3O4S. The molecular weight excluding hydrogens is 366 g/mol. The summed E-state index contributed by atoms with van der Waals surface area (Å²) in [4.78, 5) is 12.1. The van der Waals surface area contributed by atoms with Crippen LogP contribution in [0.5, 0.6) is 0 Å². The number of benzene rings is 1. The molecule has 0 saturated carbocycles. The van der Waals surface area contributed by atoms with Crippen LogP contribution in [0.1, 0.15) is 33.5 Å². The molecule has 1 aliphatic rings. The molecule has 0 fully saturated rings. The minimum Gasteiger partial charge on any atom is -0.455 e. The second kappa shape index (κ2) is 7.57. The summed E-state index contributed by atoms with van der Waals surface area (Å²) in [5, 5.41) is 11.2. The molecule has 1 aromatic heterocycles. The first-order chi connectivity index (χ1) is 11.4. The number of amides is 1. The van der Waals surface area contributed by atoms with E-state index < -0.39 is 15.9 Å². The number of furan rings is 1. The van der Waals surface area contributed by atoms with E-state index in [1.807, 2.05) is 18.2 Å². The summed E-state index contributed by atoms with van der Waals surface area (Å²) < 4.78 is 28.0. The fourth-order valence-corrected chi connectivity index (χ4v) is 3.63. The van der Waals surface area contributed by atoms with Crippen molar-refractivity contribution in [2.75, 3.05) is 13.1 Å². The highest BCUT2D eigenvalue weighted by atomic mass is 35.5. The van der Waals surface area contributed by atoms with Gasteiger partial charge in [-0.3, -0.25) is 4.79 Å². The van der Waals surface area contributed by atoms with Crippen LogP contribution >= 0.6 is 12.4 Å². The van der Waals surface area contributed by atoms with Crippen molar-refractivity contribution in [3.05, 3.63) is 53.0 Å². The zero-order valence-electron chi connectivity index (χ0n) is 13.6. The third-order valence-corrected chi connectivity index (χ3v) is 5.10. The summed E-state index contributed by atoms with van der Waals surface area (Å²) in [6.07, 6.45) is 0.954. The molecule has 1 amide bonds. The Kier molecular flexibility index (Phi) is 5.89. The van der Waals surface area contributed by atoms with Crippen LogP contribution in [0.2, 0.25) is 0 Å². The van der Waals surface area contributed by atoms with Crippen molar-refractivity contribution in [3.8, 4) is 0 Å². The lowest BCUT2D eigenvalue weighted by Crippen LogP contribution is -2.38. The van der Waals surface area contributed by atoms with Crippen LogP contribution in [0.15, 0.2) is 39.6 Å². The third-order valence-electron chi connectivity index (χ3n) is 4.08. The zero-order chi connectivity index (χ0) is 17.3. The van der Waals surface area contributed by atoms with Gasteiger partial charge in [0.1, 0.15) is 10.7 Å². The normalized spacial score (nSPS) is 16.6. The third kappa shape index (κ3) is 4.21. The van der Waals surface area contributed by atoms with Crippen molar-refractivity contribution < 1.29 is 17.6 Å². The molecule has 3 rings (SSSR count). The summed E-state index contributed by atoms with van der Waals surface area (Å²) >= 11 is 0. The van der Waals surface area contributed by atoms with E-state index in [2.05, 4.69) is 16.7 Å². The van der Waals surface area contributed by atoms with E-state index >= 15 is 0 Å². The molecule has 9 heteroatoms. The number of carbonyl (C=O) groups excluding carboxylic acids is 1. The van der Waals surface area contributed by atoms with Gasteiger partial charge in [0.2, 0.25) is 10.0 Å². The van der Waals surface area contributed by atoms with E-state index in [0.29, 0.717) is 6.54 Å². The number of primary sulfonamides is 1. The number of carbonyl (C=O) groups is 1. The Hall–Kier alpha value is -1.87. The van der Waals surface area contributed by atoms with E-state index in [0.717, 1.165) is 24.6 Å². The minimum absolute atomic E-state index is 0. The molecule has 1 unspecified atom stereocenters. The van der Waals surface area contributed by atoms with Gasteiger partial charge in [-0.05, 0) is 31.0 Å². The number of sulfonamides is 1. The molecule has 0 aliphatic carbocycles. The molecule has 7 nitrogen and oxygen atoms in total. The van der Waals surface area contributed by atoms with Crippen LogP contribution in [0.3, 0.4) is 0 Å². The van der Waals surface area contributed by atoms with Crippen molar-refractivity contribution in [2.45, 2.75) is 24.3 Å². The highest BCUT2D eigenvalue weighted by molar-refractivity contribution is 7.89. The van der Waals surface area contributed by atoms with Crippen molar-refractivity contribution in [1.82, 2.24) is 10.6 Å². The Balaban J connectivity index is 0.00000225. The maximum absolute atomic E-state index is 12.2. The van der Waals surface area contributed by atoms with Gasteiger partial charge in [0, 0.05) is 18.7 Å². The van der Waals surface area contributed by atoms with Gasteiger partial charge in [0.25, 0.3) is 5.91 Å². The molecule has 2 aromatic rings. The lowest BCUT2D eigenvalue weighted by Gasteiger charge is -2.27. The monoisotopic (exact) mass is 385 g/mol. The van der Waals surface area contributed by atoms with Crippen molar-refractivity contribution in [2.24, 2.45) is 5.14 Å². The number of hydrogen-bond donors (Lipinski definition) is 3. The van der Waals surface area contributed by atoms with Crippen LogP contribution in [0.25, 0.3) is 0 Å². The molecule has 2 heterocycles. The molecule has 0 spiro atoms. The Morgan fingerprint density at radius 2 is 2.12 bits per heavy atom. The lowest BCUT2D eigenvalue weighted by molar-refractivity contribution is 0.0920. The lowest BCUT2D eigenvalue weighted by atomic mass is 9.94. The average molecular weight is 386 g/mol. The van der Waals surface area contributed by atoms with Gasteiger partial charge in [-0.25, -0.2) is 13.6 Å². The summed E-state index contributed by atoms with van der Waals surface area (Å²) in [5.74, 6) is -0.442. The number of hydrogen-bond acceptors (Lipinski definition) is 5. The van der Waals surface area contributed by atoms with E-state index in [4.69, 9.17) is 9.56 Å². The van der Waals surface area contributed by atoms with E-state index in [1.54, 1.807) is 0 Å². The van der Waals surface area contributed by atoms with Gasteiger partial charge in [-0.15, -0.1) is 12.4 Å². The molecule has 4 N–H and O–H groups in total. The predicted octanol–water partition coefficient (Wildman–Crippen LogP) is 1.27. The highest BCUT2D eigenvalue weighted by Gasteiger charge is 2.23. The van der Waals surface area contributed by atoms with Gasteiger partial charge in [0.15, 0.2) is 5.76 Å². The quantitative estimate of drug-likeness (QED) is 0.733. The molecule has 136 valence electrons. The predicted molar refractivity (Wildman–Crippen MR) is 95.3 cm³/mol. The van der Waals surface area contributed by atoms with E-state index in [9.17, 15) is 13.2 Å². The minimum atomic E-state index is -3.91. The van der Waals surface area contributed by atoms with Crippen LogP contribution in [-0.2, 0) is 16.4 Å². The van der Waals surface area contributed by atoms with Gasteiger partial charge in [0.05, 0.1) is 0 Å². The molecule has 0 bridgehead atoms. The maximum Gasteiger partial charge on any atom is 0.287 e. The molecule has 0 saturated heterocycles. The van der Waals surface area contributed by atoms with Gasteiger partial charge >= 0.3 is 0 Å². The summed E-state index contributed by atoms with van der Waals surface area (Å²) in [6.45, 7) is 2.67. The van der Waals surface area contributed by atoms with E-state index in [1.165, 1.54) is 12.5 Å².